The molecular formula is C23H40O2S2. The van der Waals surface area contributed by atoms with Gasteiger partial charge in [0, 0.05) is 35.2 Å². The quantitative estimate of drug-likeness (QED) is 0.416. The summed E-state index contributed by atoms with van der Waals surface area (Å²) in [6.07, 6.45) is 11.3. The van der Waals surface area contributed by atoms with Crippen LogP contribution in [-0.2, 0) is 9.47 Å². The molecule has 2 nitrogen and oxygen atoms in total. The van der Waals surface area contributed by atoms with Crippen LogP contribution in [0.1, 0.15) is 65.2 Å². The highest BCUT2D eigenvalue weighted by atomic mass is 32.2. The fourth-order valence-electron chi connectivity index (χ4n) is 5.54. The van der Waals surface area contributed by atoms with E-state index >= 15 is 0 Å². The molecule has 2 atom stereocenters. The van der Waals surface area contributed by atoms with Crippen LogP contribution in [0, 0.1) is 29.1 Å². The van der Waals surface area contributed by atoms with Crippen LogP contribution < -0.4 is 0 Å². The summed E-state index contributed by atoms with van der Waals surface area (Å²) in [7, 11) is 0. The van der Waals surface area contributed by atoms with Gasteiger partial charge in [-0.15, -0.1) is 0 Å². The van der Waals surface area contributed by atoms with Crippen LogP contribution in [0.4, 0.5) is 0 Å². The van der Waals surface area contributed by atoms with Crippen molar-refractivity contribution in [2.75, 3.05) is 37.9 Å². The first-order chi connectivity index (χ1) is 13.1. The van der Waals surface area contributed by atoms with Gasteiger partial charge < -0.3 is 9.47 Å². The van der Waals surface area contributed by atoms with Gasteiger partial charge in [0.1, 0.15) is 0 Å². The van der Waals surface area contributed by atoms with Crippen molar-refractivity contribution >= 4 is 23.5 Å². The maximum Gasteiger partial charge on any atom is 0.0593 e. The lowest BCUT2D eigenvalue weighted by Crippen LogP contribution is -2.38. The van der Waals surface area contributed by atoms with Crippen molar-refractivity contribution in [3.63, 3.8) is 0 Å². The van der Waals surface area contributed by atoms with Crippen LogP contribution in [0.2, 0.25) is 0 Å². The summed E-state index contributed by atoms with van der Waals surface area (Å²) in [5.74, 6) is 6.18. The third-order valence-electron chi connectivity index (χ3n) is 7.92. The van der Waals surface area contributed by atoms with Gasteiger partial charge in [-0.2, -0.15) is 23.5 Å². The topological polar surface area (TPSA) is 18.5 Å². The number of rotatable bonds is 10. The summed E-state index contributed by atoms with van der Waals surface area (Å²) in [6, 6.07) is 0. The molecule has 4 aliphatic rings. The standard InChI is InChI=1S/C23H40O2S2/c1-23(2,19-7-3-17(4-8-19)11-24-13-21-15-26-21)20-9-5-18(6-10-20)12-25-14-22-16-27-22/h17-22H,3-16H2,1-2H3. The molecule has 2 saturated carbocycles. The Hall–Kier alpha value is 0.620. The van der Waals surface area contributed by atoms with Crippen molar-refractivity contribution in [3.05, 3.63) is 0 Å². The van der Waals surface area contributed by atoms with E-state index in [1.165, 1.54) is 62.9 Å². The minimum absolute atomic E-state index is 0.521. The van der Waals surface area contributed by atoms with Crippen LogP contribution in [0.25, 0.3) is 0 Å². The van der Waals surface area contributed by atoms with E-state index < -0.39 is 0 Å². The van der Waals surface area contributed by atoms with Crippen molar-refractivity contribution in [1.82, 2.24) is 0 Å². The maximum absolute atomic E-state index is 5.96. The van der Waals surface area contributed by atoms with Gasteiger partial charge >= 0.3 is 0 Å². The number of hydrogen-bond acceptors (Lipinski definition) is 4. The molecule has 2 heterocycles. The second-order valence-electron chi connectivity index (χ2n) is 10.2. The molecule has 0 N–H and O–H groups in total. The molecule has 2 aliphatic heterocycles. The predicted molar refractivity (Wildman–Crippen MR) is 119 cm³/mol. The van der Waals surface area contributed by atoms with E-state index in [0.29, 0.717) is 5.41 Å². The summed E-state index contributed by atoms with van der Waals surface area (Å²) in [5, 5.41) is 1.65. The van der Waals surface area contributed by atoms with Gasteiger partial charge in [0.25, 0.3) is 0 Å². The average Bonchev–Trinajstić information content (AvgIpc) is 3.58. The molecule has 0 bridgehead atoms. The van der Waals surface area contributed by atoms with E-state index in [9.17, 15) is 0 Å². The van der Waals surface area contributed by atoms with E-state index in [1.807, 2.05) is 23.5 Å². The largest absolute Gasteiger partial charge is 0.380 e. The van der Waals surface area contributed by atoms with Gasteiger partial charge in [-0.1, -0.05) is 13.8 Å². The first-order valence-corrected chi connectivity index (χ1v) is 13.6. The summed E-state index contributed by atoms with van der Waals surface area (Å²) in [5.41, 5.74) is 0.521. The van der Waals surface area contributed by atoms with Gasteiger partial charge in [0.05, 0.1) is 13.2 Å². The molecule has 0 aromatic carbocycles. The third-order valence-corrected chi connectivity index (χ3v) is 9.80. The van der Waals surface area contributed by atoms with E-state index in [2.05, 4.69) is 13.8 Å². The second kappa shape index (κ2) is 9.62. The fraction of sp³-hybridized carbons (Fsp3) is 1.00. The molecule has 4 fully saturated rings. The van der Waals surface area contributed by atoms with Gasteiger partial charge in [-0.05, 0) is 80.5 Å². The first kappa shape index (κ1) is 20.9. The Bertz CT molecular complexity index is 405. The van der Waals surface area contributed by atoms with Crippen molar-refractivity contribution in [3.8, 4) is 0 Å². The normalized spacial score (nSPS) is 39.3. The smallest absolute Gasteiger partial charge is 0.0593 e. The lowest BCUT2D eigenvalue weighted by molar-refractivity contribution is 0.0106. The second-order valence-corrected chi connectivity index (χ2v) is 12.9. The third kappa shape index (κ3) is 6.30. The zero-order chi connectivity index (χ0) is 18.7. The lowest BCUT2D eigenvalue weighted by atomic mass is 9.59. The molecule has 27 heavy (non-hydrogen) atoms. The Balaban J connectivity index is 1.14. The molecule has 4 heteroatoms. The monoisotopic (exact) mass is 412 g/mol. The Kier molecular flexibility index (Phi) is 7.44. The van der Waals surface area contributed by atoms with Crippen molar-refractivity contribution in [1.29, 1.82) is 0 Å². The SMILES string of the molecule is CC(C)(C1CCC(COCC2CS2)CC1)C1CCC(COCC2CS2)CC1. The van der Waals surface area contributed by atoms with Gasteiger partial charge in [-0.25, -0.2) is 0 Å². The summed E-state index contributed by atoms with van der Waals surface area (Å²) >= 11 is 4.10. The maximum atomic E-state index is 5.96. The summed E-state index contributed by atoms with van der Waals surface area (Å²) in [4.78, 5) is 0. The Labute approximate surface area is 175 Å². The molecular weight excluding hydrogens is 372 g/mol. The number of hydrogen-bond donors (Lipinski definition) is 0. The molecule has 156 valence electrons. The highest BCUT2D eigenvalue weighted by Gasteiger charge is 2.40. The average molecular weight is 413 g/mol. The molecule has 0 spiro atoms. The van der Waals surface area contributed by atoms with E-state index in [1.54, 1.807) is 0 Å². The fourth-order valence-corrected chi connectivity index (χ4v) is 6.39. The first-order valence-electron chi connectivity index (χ1n) is 11.5. The van der Waals surface area contributed by atoms with Gasteiger partial charge in [-0.3, -0.25) is 0 Å². The Morgan fingerprint density at radius 1 is 0.630 bits per heavy atom. The molecule has 0 aromatic heterocycles. The summed E-state index contributed by atoms with van der Waals surface area (Å²) in [6.45, 7) is 9.23. The van der Waals surface area contributed by atoms with Gasteiger partial charge in [0.2, 0.25) is 0 Å². The zero-order valence-electron chi connectivity index (χ0n) is 17.5. The Morgan fingerprint density at radius 3 is 1.33 bits per heavy atom. The van der Waals surface area contributed by atoms with Crippen molar-refractivity contribution in [2.24, 2.45) is 29.1 Å². The molecule has 0 radical (unpaired) electrons. The highest BCUT2D eigenvalue weighted by molar-refractivity contribution is 8.07. The molecule has 2 saturated heterocycles. The lowest BCUT2D eigenvalue weighted by Gasteiger charge is -2.46. The van der Waals surface area contributed by atoms with Crippen LogP contribution in [0.15, 0.2) is 0 Å². The molecule has 0 aromatic rings. The van der Waals surface area contributed by atoms with Crippen LogP contribution >= 0.6 is 23.5 Å². The van der Waals surface area contributed by atoms with Crippen LogP contribution in [-0.4, -0.2) is 48.4 Å². The molecule has 2 unspecified atom stereocenters. The molecule has 2 aliphatic carbocycles. The minimum atomic E-state index is 0.521. The molecule has 0 amide bonds. The number of thioether (sulfide) groups is 2. The van der Waals surface area contributed by atoms with E-state index in [4.69, 9.17) is 9.47 Å². The number of ether oxygens (including phenoxy) is 2. The van der Waals surface area contributed by atoms with Crippen LogP contribution in [0.5, 0.6) is 0 Å². The van der Waals surface area contributed by atoms with Crippen molar-refractivity contribution in [2.45, 2.75) is 75.7 Å². The van der Waals surface area contributed by atoms with E-state index in [-0.39, 0.29) is 0 Å². The molecule has 4 rings (SSSR count). The van der Waals surface area contributed by atoms with Crippen LogP contribution in [0.3, 0.4) is 0 Å². The zero-order valence-corrected chi connectivity index (χ0v) is 19.1. The predicted octanol–water partition coefficient (Wildman–Crippen LogP) is 5.89. The minimum Gasteiger partial charge on any atom is -0.380 e. The Morgan fingerprint density at radius 2 is 1.00 bits per heavy atom. The highest BCUT2D eigenvalue weighted by Crippen LogP contribution is 2.50. The summed E-state index contributed by atoms with van der Waals surface area (Å²) < 4.78 is 11.9. The van der Waals surface area contributed by atoms with Gasteiger partial charge in [0.15, 0.2) is 0 Å². The van der Waals surface area contributed by atoms with E-state index in [0.717, 1.165) is 60.6 Å². The van der Waals surface area contributed by atoms with Crippen molar-refractivity contribution < 1.29 is 9.47 Å².